The van der Waals surface area contributed by atoms with E-state index in [2.05, 4.69) is 20.6 Å². The third-order valence-corrected chi connectivity index (χ3v) is 9.67. The maximum absolute atomic E-state index is 13.7. The summed E-state index contributed by atoms with van der Waals surface area (Å²) in [7, 11) is -2.18. The summed E-state index contributed by atoms with van der Waals surface area (Å²) in [4.78, 5) is 35.3. The quantitative estimate of drug-likeness (QED) is 0.275. The number of carbonyl (C=O) groups is 2. The lowest BCUT2D eigenvalue weighted by atomic mass is 9.86. The zero-order valence-corrected chi connectivity index (χ0v) is 22.6. The fourth-order valence-corrected chi connectivity index (χ4v) is 7.27. The number of nitrogens with one attached hydrogen (secondary N) is 2. The third kappa shape index (κ3) is 4.79. The van der Waals surface area contributed by atoms with Crippen molar-refractivity contribution in [2.45, 2.75) is 35.5 Å². The zero-order chi connectivity index (χ0) is 27.1. The van der Waals surface area contributed by atoms with Crippen LogP contribution in [0, 0.1) is 5.92 Å². The number of carbonyl (C=O) groups excluding carboxylic acids is 2. The van der Waals surface area contributed by atoms with Crippen molar-refractivity contribution in [3.8, 4) is 5.88 Å². The average Bonchev–Trinajstić information content (AvgIpc) is 3.33. The van der Waals surface area contributed by atoms with Gasteiger partial charge in [0.1, 0.15) is 16.1 Å². The van der Waals surface area contributed by atoms with Crippen molar-refractivity contribution in [1.29, 1.82) is 0 Å². The minimum Gasteiger partial charge on any atom is -0.481 e. The number of Topliss-reactive ketones (excluding diaryl/α,β-unsaturated/α-hetero) is 1. The molecule has 1 aliphatic heterocycles. The second-order valence-electron chi connectivity index (χ2n) is 9.44. The molecule has 2 aliphatic rings. The van der Waals surface area contributed by atoms with E-state index < -0.39 is 9.84 Å². The van der Waals surface area contributed by atoms with Gasteiger partial charge in [-0.2, -0.15) is 0 Å². The minimum absolute atomic E-state index is 0.0400. The molecule has 4 aromatic rings. The molecule has 0 radical (unpaired) electrons. The van der Waals surface area contributed by atoms with Crippen LogP contribution in [0.25, 0.3) is 15.9 Å². The van der Waals surface area contributed by atoms with E-state index in [1.807, 2.05) is 6.08 Å². The number of hydrogen-bond acceptors (Lipinski definition) is 9. The van der Waals surface area contributed by atoms with Crippen molar-refractivity contribution in [2.24, 2.45) is 5.92 Å². The smallest absolute Gasteiger partial charge is 0.257 e. The van der Waals surface area contributed by atoms with Crippen LogP contribution in [-0.2, 0) is 19.4 Å². The minimum atomic E-state index is -3.71. The molecule has 1 aliphatic carbocycles. The maximum atomic E-state index is 13.7. The molecule has 0 bridgehead atoms. The molecule has 2 N–H and O–H groups in total. The summed E-state index contributed by atoms with van der Waals surface area (Å²) in [5.74, 6) is 0.342. The number of anilines is 3. The van der Waals surface area contributed by atoms with Gasteiger partial charge in [0.25, 0.3) is 5.91 Å². The normalized spacial score (nSPS) is 16.7. The Bertz CT molecular complexity index is 1770. The lowest BCUT2D eigenvalue weighted by Crippen LogP contribution is -2.18. The number of allylic oxidation sites excluding steroid dienone is 1. The Morgan fingerprint density at radius 2 is 1.82 bits per heavy atom. The zero-order valence-electron chi connectivity index (χ0n) is 20.9. The van der Waals surface area contributed by atoms with Crippen LogP contribution in [-0.4, -0.2) is 37.2 Å². The van der Waals surface area contributed by atoms with Crippen molar-refractivity contribution >= 4 is 65.3 Å². The number of nitrogens with zero attached hydrogens (tertiary/aromatic N) is 2. The molecule has 39 heavy (non-hydrogen) atoms. The summed E-state index contributed by atoms with van der Waals surface area (Å²) in [6, 6.07) is 15.1. The molecule has 2 aromatic carbocycles. The predicted octanol–water partition coefficient (Wildman–Crippen LogP) is 5.37. The van der Waals surface area contributed by atoms with Gasteiger partial charge in [-0.3, -0.25) is 14.9 Å². The standard InChI is InChI=1S/C28H24N4O5S2/c1-37-25-13-11-21-27(31-25)38-28(30-21)32-26(34)19(14-16-6-9-18(33)10-7-16)17-8-12-24-22(15-17)29-20-4-2-3-5-23(20)39(24,35)36/h2-5,8,11-16,29H,6-7,9-10H2,1H3,(H,30,32,34)/b19-14+. The molecule has 1 amide bonds. The topological polar surface area (TPSA) is 127 Å². The Balaban J connectivity index is 1.37. The molecule has 9 nitrogen and oxygen atoms in total. The maximum Gasteiger partial charge on any atom is 0.257 e. The molecule has 0 spiro atoms. The number of aromatic nitrogens is 2. The van der Waals surface area contributed by atoms with E-state index in [-0.39, 0.29) is 27.4 Å². The highest BCUT2D eigenvalue weighted by molar-refractivity contribution is 7.92. The van der Waals surface area contributed by atoms with Crippen LogP contribution in [0.5, 0.6) is 5.88 Å². The van der Waals surface area contributed by atoms with Crippen molar-refractivity contribution in [3.05, 3.63) is 66.2 Å². The molecule has 0 saturated heterocycles. The number of pyridine rings is 1. The molecular weight excluding hydrogens is 536 g/mol. The summed E-state index contributed by atoms with van der Waals surface area (Å²) in [6.45, 7) is 0. The second kappa shape index (κ2) is 9.90. The van der Waals surface area contributed by atoms with Crippen molar-refractivity contribution in [2.75, 3.05) is 17.7 Å². The van der Waals surface area contributed by atoms with E-state index in [1.54, 1.807) is 48.5 Å². The Kier molecular flexibility index (Phi) is 6.40. The lowest BCUT2D eigenvalue weighted by Gasteiger charge is -2.23. The molecule has 1 saturated carbocycles. The number of hydrogen-bond donors (Lipinski definition) is 2. The van der Waals surface area contributed by atoms with Gasteiger partial charge in [0.05, 0.1) is 28.3 Å². The second-order valence-corrected chi connectivity index (χ2v) is 12.3. The van der Waals surface area contributed by atoms with E-state index in [1.165, 1.54) is 24.5 Å². The van der Waals surface area contributed by atoms with Crippen LogP contribution in [0.1, 0.15) is 31.2 Å². The molecule has 0 unspecified atom stereocenters. The molecule has 198 valence electrons. The Morgan fingerprint density at radius 1 is 1.05 bits per heavy atom. The number of sulfone groups is 1. The number of methoxy groups -OCH3 is 1. The lowest BCUT2D eigenvalue weighted by molar-refractivity contribution is -0.120. The first-order chi connectivity index (χ1) is 18.8. The molecule has 0 atom stereocenters. The molecular formula is C28H24N4O5S2. The first-order valence-corrected chi connectivity index (χ1v) is 14.7. The number of thiazole rings is 1. The summed E-state index contributed by atoms with van der Waals surface area (Å²) in [6.07, 6.45) is 4.16. The fraction of sp³-hybridized carbons (Fsp3) is 0.214. The molecule has 3 heterocycles. The first-order valence-electron chi connectivity index (χ1n) is 12.4. The summed E-state index contributed by atoms with van der Waals surface area (Å²) >= 11 is 1.23. The number of para-hydroxylation sites is 1. The number of ketones is 1. The van der Waals surface area contributed by atoms with Gasteiger partial charge < -0.3 is 10.1 Å². The van der Waals surface area contributed by atoms with Crippen molar-refractivity contribution in [1.82, 2.24) is 9.97 Å². The average molecular weight is 561 g/mol. The van der Waals surface area contributed by atoms with Crippen LogP contribution in [0.2, 0.25) is 0 Å². The van der Waals surface area contributed by atoms with Crippen molar-refractivity contribution < 1.29 is 22.7 Å². The molecule has 2 aromatic heterocycles. The summed E-state index contributed by atoms with van der Waals surface area (Å²) in [5.41, 5.74) is 2.47. The fourth-order valence-electron chi connectivity index (χ4n) is 4.90. The highest BCUT2D eigenvalue weighted by atomic mass is 32.2. The van der Waals surface area contributed by atoms with Gasteiger partial charge in [-0.25, -0.2) is 18.4 Å². The van der Waals surface area contributed by atoms with E-state index in [0.717, 1.165) is 0 Å². The van der Waals surface area contributed by atoms with Gasteiger partial charge in [-0.15, -0.1) is 0 Å². The van der Waals surface area contributed by atoms with E-state index >= 15 is 0 Å². The Labute approximate surface area is 228 Å². The molecule has 11 heteroatoms. The van der Waals surface area contributed by atoms with Crippen molar-refractivity contribution in [3.63, 3.8) is 0 Å². The predicted molar refractivity (Wildman–Crippen MR) is 149 cm³/mol. The number of fused-ring (bicyclic) bond motifs is 3. The van der Waals surface area contributed by atoms with Gasteiger partial charge in [0.2, 0.25) is 15.7 Å². The SMILES string of the molecule is COc1ccc2nc(NC(=O)/C(=C/C3CCC(=O)CC3)c3ccc4c(c3)Nc3ccccc3S4(=O)=O)sc2n1. The summed E-state index contributed by atoms with van der Waals surface area (Å²) < 4.78 is 31.7. The summed E-state index contributed by atoms with van der Waals surface area (Å²) in [5, 5.41) is 6.48. The largest absolute Gasteiger partial charge is 0.481 e. The van der Waals surface area contributed by atoms with E-state index in [0.29, 0.717) is 69.6 Å². The molecule has 1 fully saturated rings. The number of benzene rings is 2. The van der Waals surface area contributed by atoms with Crippen LogP contribution < -0.4 is 15.4 Å². The van der Waals surface area contributed by atoms with E-state index in [4.69, 9.17) is 4.74 Å². The Hall–Kier alpha value is -4.09. The van der Waals surface area contributed by atoms with Gasteiger partial charge in [-0.05, 0) is 54.7 Å². The monoisotopic (exact) mass is 560 g/mol. The van der Waals surface area contributed by atoms with Gasteiger partial charge in [0, 0.05) is 24.5 Å². The highest BCUT2D eigenvalue weighted by Crippen LogP contribution is 2.41. The van der Waals surface area contributed by atoms with Crippen LogP contribution in [0.3, 0.4) is 0 Å². The number of ether oxygens (including phenoxy) is 1. The molecule has 6 rings (SSSR count). The van der Waals surface area contributed by atoms with Gasteiger partial charge in [0.15, 0.2) is 5.13 Å². The highest BCUT2D eigenvalue weighted by Gasteiger charge is 2.30. The van der Waals surface area contributed by atoms with Crippen LogP contribution in [0.15, 0.2) is 70.5 Å². The first kappa shape index (κ1) is 25.2. The number of rotatable bonds is 5. The number of amides is 1. The van der Waals surface area contributed by atoms with Crippen LogP contribution in [0.4, 0.5) is 16.5 Å². The third-order valence-electron chi connectivity index (χ3n) is 6.92. The van der Waals surface area contributed by atoms with E-state index in [9.17, 15) is 18.0 Å². The van der Waals surface area contributed by atoms with Gasteiger partial charge >= 0.3 is 0 Å². The Morgan fingerprint density at radius 3 is 2.62 bits per heavy atom. The van der Waals surface area contributed by atoms with Crippen LogP contribution >= 0.6 is 11.3 Å². The van der Waals surface area contributed by atoms with Gasteiger partial charge in [-0.1, -0.05) is 35.6 Å².